The Bertz CT molecular complexity index is 1940. The van der Waals surface area contributed by atoms with Crippen LogP contribution in [0.25, 0.3) is 21.8 Å². The van der Waals surface area contributed by atoms with E-state index in [1.807, 2.05) is 24.3 Å². The number of piperazine rings is 2. The molecular formula is C40H60Cl2N8O11. The van der Waals surface area contributed by atoms with Crippen molar-refractivity contribution in [3.05, 3.63) is 36.4 Å². The van der Waals surface area contributed by atoms with Gasteiger partial charge in [-0.3, -0.25) is 0 Å². The maximum absolute atomic E-state index is 12.2. The van der Waals surface area contributed by atoms with Crippen LogP contribution in [-0.2, 0) is 9.47 Å². The molecule has 2 aromatic carbocycles. The Morgan fingerprint density at radius 3 is 1.15 bits per heavy atom. The minimum Gasteiger partial charge on any atom is -0.493 e. The van der Waals surface area contributed by atoms with Gasteiger partial charge in [0.25, 0.3) is 0 Å². The number of nitrogens with two attached hydrogens (primary N) is 2. The summed E-state index contributed by atoms with van der Waals surface area (Å²) in [5.74, 6) is 3.85. The molecule has 8 N–H and O–H groups in total. The van der Waals surface area contributed by atoms with E-state index in [0.29, 0.717) is 97.8 Å². The molecule has 2 amide bonds. The van der Waals surface area contributed by atoms with Gasteiger partial charge < -0.3 is 75.2 Å². The van der Waals surface area contributed by atoms with Crippen LogP contribution < -0.4 is 40.2 Å². The lowest BCUT2D eigenvalue weighted by atomic mass is 10.1. The number of hydrogen-bond donors (Lipinski definition) is 4. The highest BCUT2D eigenvalue weighted by molar-refractivity contribution is 5.95. The third kappa shape index (κ3) is 13.3. The molecule has 2 aliphatic heterocycles. The molecule has 0 unspecified atom stereocenters. The van der Waals surface area contributed by atoms with Crippen molar-refractivity contribution in [3.8, 4) is 23.0 Å². The number of anilines is 4. The molecule has 61 heavy (non-hydrogen) atoms. The molecule has 2 fully saturated rings. The van der Waals surface area contributed by atoms with Crippen LogP contribution in [0.1, 0.15) is 27.7 Å². The summed E-state index contributed by atoms with van der Waals surface area (Å²) in [6.07, 6.45) is -0.843. The van der Waals surface area contributed by atoms with E-state index in [1.165, 1.54) is 0 Å². The van der Waals surface area contributed by atoms with Crippen molar-refractivity contribution >= 4 is 81.8 Å². The zero-order valence-corrected chi connectivity index (χ0v) is 37.5. The number of benzene rings is 2. The molecular weight excluding hydrogens is 839 g/mol. The van der Waals surface area contributed by atoms with Crippen LogP contribution in [0, 0.1) is 0 Å². The van der Waals surface area contributed by atoms with Crippen LogP contribution in [0.5, 0.6) is 23.0 Å². The van der Waals surface area contributed by atoms with E-state index in [-0.39, 0.29) is 43.5 Å². The van der Waals surface area contributed by atoms with Gasteiger partial charge in [-0.05, 0) is 39.8 Å². The highest BCUT2D eigenvalue weighted by Crippen LogP contribution is 2.37. The number of carbonyl (C=O) groups excluding carboxylic acids is 2. The van der Waals surface area contributed by atoms with Crippen molar-refractivity contribution in [2.45, 2.75) is 38.9 Å². The first-order valence-corrected chi connectivity index (χ1v) is 18.9. The molecule has 21 heteroatoms. The predicted molar refractivity (Wildman–Crippen MR) is 239 cm³/mol. The number of aliphatic hydroxyl groups is 2. The summed E-state index contributed by atoms with van der Waals surface area (Å²) in [6.45, 7) is 10.7. The van der Waals surface area contributed by atoms with E-state index in [4.69, 9.17) is 49.9 Å². The molecule has 6 rings (SSSR count). The fourth-order valence-corrected chi connectivity index (χ4v) is 6.35. The lowest BCUT2D eigenvalue weighted by Crippen LogP contribution is -2.49. The van der Waals surface area contributed by atoms with E-state index in [0.717, 1.165) is 22.4 Å². The molecule has 0 bridgehead atoms. The first-order chi connectivity index (χ1) is 27.4. The summed E-state index contributed by atoms with van der Waals surface area (Å²) < 4.78 is 31.7. The van der Waals surface area contributed by atoms with Crippen LogP contribution in [0.3, 0.4) is 0 Å². The Kier molecular flexibility index (Phi) is 18.6. The fourth-order valence-electron chi connectivity index (χ4n) is 6.35. The molecule has 0 aliphatic carbocycles. The first kappa shape index (κ1) is 51.8. The second-order valence-electron chi connectivity index (χ2n) is 15.3. The monoisotopic (exact) mass is 898 g/mol. The minimum atomic E-state index is -1.05. The highest BCUT2D eigenvalue weighted by atomic mass is 35.5. The maximum Gasteiger partial charge on any atom is 0.409 e. The smallest absolute Gasteiger partial charge is 0.409 e. The van der Waals surface area contributed by atoms with Crippen molar-refractivity contribution in [2.24, 2.45) is 0 Å². The number of halogens is 2. The number of ether oxygens (including phenoxy) is 6. The Morgan fingerprint density at radius 1 is 0.574 bits per heavy atom. The number of aromatic nitrogens is 2. The number of hydrogen-bond acceptors (Lipinski definition) is 16. The van der Waals surface area contributed by atoms with Crippen molar-refractivity contribution in [2.75, 3.05) is 115 Å². The van der Waals surface area contributed by atoms with Gasteiger partial charge in [-0.15, -0.1) is 24.8 Å². The fraction of sp³-hybridized carbons (Fsp3) is 0.500. The normalized spacial score (nSPS) is 14.1. The molecule has 4 heterocycles. The quantitative estimate of drug-likeness (QED) is 0.177. The topological polar surface area (TPSA) is 252 Å². The SMILES string of the molecule is COc1cc2nc(N3CCN(C(=O)OCC(C)(C)O)CC3)cc(N)c2cc1OC.COc1cc2nc(N3CCN(C(=O)OCC(C)(C)O)CC3)cc(N)c2cc1OC.Cl.Cl.O. The largest absolute Gasteiger partial charge is 0.493 e. The molecule has 0 radical (unpaired) electrons. The molecule has 4 aromatic rings. The van der Waals surface area contributed by atoms with E-state index >= 15 is 0 Å². The van der Waals surface area contributed by atoms with Crippen molar-refractivity contribution in [1.82, 2.24) is 19.8 Å². The summed E-state index contributed by atoms with van der Waals surface area (Å²) in [5.41, 5.74) is 13.0. The van der Waals surface area contributed by atoms with E-state index in [2.05, 4.69) is 9.80 Å². The van der Waals surface area contributed by atoms with Crippen molar-refractivity contribution in [3.63, 3.8) is 0 Å². The molecule has 2 aliphatic rings. The highest BCUT2D eigenvalue weighted by Gasteiger charge is 2.27. The van der Waals surface area contributed by atoms with Crippen LogP contribution in [0.2, 0.25) is 0 Å². The number of rotatable bonds is 10. The molecule has 2 saturated heterocycles. The number of carbonyl (C=O) groups is 2. The number of amides is 2. The van der Waals surface area contributed by atoms with Gasteiger partial charge in [0.05, 0.1) is 50.7 Å². The lowest BCUT2D eigenvalue weighted by Gasteiger charge is -2.35. The van der Waals surface area contributed by atoms with Crippen LogP contribution in [0.4, 0.5) is 32.6 Å². The van der Waals surface area contributed by atoms with Gasteiger partial charge in [-0.25, -0.2) is 19.6 Å². The second-order valence-corrected chi connectivity index (χ2v) is 15.3. The zero-order chi connectivity index (χ0) is 42.4. The summed E-state index contributed by atoms with van der Waals surface area (Å²) in [6, 6.07) is 10.9. The summed E-state index contributed by atoms with van der Waals surface area (Å²) in [5, 5.41) is 21.0. The molecule has 19 nitrogen and oxygen atoms in total. The zero-order valence-electron chi connectivity index (χ0n) is 35.9. The van der Waals surface area contributed by atoms with E-state index in [1.54, 1.807) is 78.1 Å². The first-order valence-electron chi connectivity index (χ1n) is 18.9. The number of methoxy groups -OCH3 is 4. The lowest BCUT2D eigenvalue weighted by molar-refractivity contribution is -0.00415. The Labute approximate surface area is 367 Å². The van der Waals surface area contributed by atoms with Gasteiger partial charge in [0.1, 0.15) is 24.8 Å². The standard InChI is InChI=1S/2C20H28N4O5.2ClH.H2O/c2*1-20(2,26)12-29-19(25)24-7-5-23(6-8-24)18-10-14(21)13-9-16(27-3)17(28-4)11-15(13)22-18;;;/h2*9-11,26H,5-8,12H2,1-4H3,(H2,21,22);2*1H;1H2. The average molecular weight is 900 g/mol. The molecule has 0 atom stereocenters. The van der Waals surface area contributed by atoms with E-state index < -0.39 is 23.4 Å². The van der Waals surface area contributed by atoms with Crippen LogP contribution in [-0.4, -0.2) is 153 Å². The molecule has 340 valence electrons. The van der Waals surface area contributed by atoms with Crippen LogP contribution in [0.15, 0.2) is 36.4 Å². The van der Waals surface area contributed by atoms with Gasteiger partial charge in [-0.1, -0.05) is 0 Å². The number of nitrogens with zero attached hydrogens (tertiary/aromatic N) is 6. The second kappa shape index (κ2) is 22.0. The molecule has 0 saturated carbocycles. The minimum absolute atomic E-state index is 0. The average Bonchev–Trinajstić information content (AvgIpc) is 3.20. The molecule has 2 aromatic heterocycles. The predicted octanol–water partition coefficient (Wildman–Crippen LogP) is 3.75. The Morgan fingerprint density at radius 2 is 0.869 bits per heavy atom. The number of pyridine rings is 2. The summed E-state index contributed by atoms with van der Waals surface area (Å²) in [4.78, 5) is 41.2. The summed E-state index contributed by atoms with van der Waals surface area (Å²) >= 11 is 0. The van der Waals surface area contributed by atoms with Gasteiger partial charge in [-0.2, -0.15) is 0 Å². The third-order valence-corrected chi connectivity index (χ3v) is 9.49. The van der Waals surface area contributed by atoms with Gasteiger partial charge in [0.15, 0.2) is 23.0 Å². The summed E-state index contributed by atoms with van der Waals surface area (Å²) in [7, 11) is 6.31. The Balaban J connectivity index is 0.000000400. The third-order valence-electron chi connectivity index (χ3n) is 9.49. The van der Waals surface area contributed by atoms with Gasteiger partial charge >= 0.3 is 12.2 Å². The van der Waals surface area contributed by atoms with Crippen LogP contribution >= 0.6 is 24.8 Å². The van der Waals surface area contributed by atoms with Gasteiger partial charge in [0.2, 0.25) is 0 Å². The van der Waals surface area contributed by atoms with Gasteiger partial charge in [0, 0.05) is 98.8 Å². The van der Waals surface area contributed by atoms with Crippen molar-refractivity contribution < 1.29 is 53.7 Å². The number of nitrogen functional groups attached to an aromatic ring is 2. The maximum atomic E-state index is 12.2. The van der Waals surface area contributed by atoms with E-state index in [9.17, 15) is 19.8 Å². The number of fused-ring (bicyclic) bond motifs is 2. The van der Waals surface area contributed by atoms with Crippen molar-refractivity contribution in [1.29, 1.82) is 0 Å². The Hall–Kier alpha value is -5.34. The molecule has 0 spiro atoms.